The Morgan fingerprint density at radius 2 is 0.922 bits per heavy atom. The van der Waals surface area contributed by atoms with Gasteiger partial charge in [-0.3, -0.25) is 28.8 Å². The molecule has 6 N–H and O–H groups in total. The number of carbonyl (C=O) groups excluding carboxylic acids is 6. The highest BCUT2D eigenvalue weighted by Crippen LogP contribution is 2.55. The van der Waals surface area contributed by atoms with E-state index in [1.807, 2.05) is 113 Å². The van der Waals surface area contributed by atoms with Crippen LogP contribution in [0.5, 0.6) is 0 Å². The second kappa shape index (κ2) is 36.2. The predicted molar refractivity (Wildman–Crippen MR) is 432 cm³/mol. The number of anilines is 2. The summed E-state index contributed by atoms with van der Waals surface area (Å²) in [4.78, 5) is 81.8. The van der Waals surface area contributed by atoms with E-state index in [2.05, 4.69) is 50.5 Å². The fourth-order valence-electron chi connectivity index (χ4n) is 21.1. The molecule has 0 unspecified atom stereocenters. The third-order valence-electron chi connectivity index (χ3n) is 27.8. The molecule has 12 aliphatic rings. The van der Waals surface area contributed by atoms with Crippen molar-refractivity contribution in [3.63, 3.8) is 0 Å². The molecule has 2 aromatic rings. The summed E-state index contributed by atoms with van der Waals surface area (Å²) in [5, 5.41) is 52.5. The zero-order valence-electron chi connectivity index (χ0n) is 68.9. The first kappa shape index (κ1) is 85.7. The quantitative estimate of drug-likeness (QED) is 0.0617. The Morgan fingerprint density at radius 1 is 0.513 bits per heavy atom. The zero-order chi connectivity index (χ0) is 81.8. The van der Waals surface area contributed by atoms with Crippen LogP contribution in [-0.2, 0) is 87.0 Å². The molecule has 2 spiro atoms. The van der Waals surface area contributed by atoms with E-state index >= 15 is 0 Å². The van der Waals surface area contributed by atoms with Crippen molar-refractivity contribution >= 4 is 47.1 Å². The van der Waals surface area contributed by atoms with Crippen LogP contribution in [0.15, 0.2) is 144 Å². The van der Waals surface area contributed by atoms with Crippen LogP contribution >= 0.6 is 0 Å². The second-order valence-electron chi connectivity index (χ2n) is 35.5. The van der Waals surface area contributed by atoms with E-state index in [1.54, 1.807) is 24.3 Å². The molecular weight excluding hydrogens is 1470 g/mol. The van der Waals surface area contributed by atoms with Crippen LogP contribution in [0.3, 0.4) is 0 Å². The molecule has 6 heterocycles. The Hall–Kier alpha value is -7.22. The SMILES string of the molecule is CC[C@H]1O[C@]2(CC[C@@H]1C)C[C@@H]1C[C@@H](C/C=C(\C)[C@H](OC(=O)C3(c4ccc(NC(=O)COC)cc4)CCCC3)[C@@H](C)/C=C/C=C3\CC[C@@H]4[C@H](O)C=C[C@@H](C(=O)O1)[C@]34O)O2.COCC(=O)Nc1ccc(C2(C(=O)O[C@H]3/C(C)=C/C[C@@H]4C[C@@H](C[C@]5(CC[C@H](C)[C@@H](C)O5)O4)OC(=O)[C@@H]4C=C[C@@H](O)[C@H]5CC/C(=C\C=C\[C@@H]3C)[C@]54O)CCCC2)cc1. The summed E-state index contributed by atoms with van der Waals surface area (Å²) < 4.78 is 62.9. The summed E-state index contributed by atoms with van der Waals surface area (Å²) in [6, 6.07) is 14.9. The number of fused-ring (bicyclic) bond motifs is 4. The van der Waals surface area contributed by atoms with Gasteiger partial charge in [-0.15, -0.1) is 0 Å². The molecule has 4 bridgehead atoms. The van der Waals surface area contributed by atoms with Gasteiger partial charge in [0.15, 0.2) is 11.6 Å². The minimum atomic E-state index is -1.61. The molecule has 22 nitrogen and oxygen atoms in total. The average molecular weight is 1590 g/mol. The molecule has 6 aliphatic carbocycles. The molecule has 0 aromatic heterocycles. The smallest absolute Gasteiger partial charge is 0.317 e. The van der Waals surface area contributed by atoms with E-state index in [0.717, 1.165) is 67.2 Å². The van der Waals surface area contributed by atoms with E-state index in [1.165, 1.54) is 14.2 Å². The summed E-state index contributed by atoms with van der Waals surface area (Å²) in [6.07, 6.45) is 32.3. The second-order valence-corrected chi connectivity index (χ2v) is 35.5. The number of carbonyl (C=O) groups is 6. The first-order valence-electron chi connectivity index (χ1n) is 42.7. The zero-order valence-corrected chi connectivity index (χ0v) is 68.9. The van der Waals surface area contributed by atoms with Crippen molar-refractivity contribution in [3.05, 3.63) is 155 Å². The topological polar surface area (TPSA) is 300 Å². The lowest BCUT2D eigenvalue weighted by Crippen LogP contribution is -2.55. The third kappa shape index (κ3) is 18.1. The van der Waals surface area contributed by atoms with E-state index in [0.29, 0.717) is 137 Å². The average Bonchev–Trinajstić information content (AvgIpc) is 1.60. The molecule has 22 heteroatoms. The normalized spacial score (nSPS) is 39.9. The van der Waals surface area contributed by atoms with Crippen LogP contribution in [0, 0.1) is 47.3 Å². The molecule has 115 heavy (non-hydrogen) atoms. The number of hydrogen-bond acceptors (Lipinski definition) is 20. The molecule has 626 valence electrons. The number of allylic oxidation sites excluding steroid dienone is 4. The van der Waals surface area contributed by atoms with Crippen molar-refractivity contribution in [2.24, 2.45) is 47.3 Å². The maximum absolute atomic E-state index is 14.6. The maximum atomic E-state index is 14.6. The van der Waals surface area contributed by atoms with Crippen LogP contribution in [0.2, 0.25) is 0 Å². The van der Waals surface area contributed by atoms with Crippen LogP contribution in [0.1, 0.15) is 214 Å². The summed E-state index contributed by atoms with van der Waals surface area (Å²) in [7, 11) is 2.94. The van der Waals surface area contributed by atoms with E-state index in [9.17, 15) is 49.2 Å². The summed E-state index contributed by atoms with van der Waals surface area (Å²) in [5.41, 5.74) is 1.20. The number of aliphatic hydroxyl groups excluding tert-OH is 2. The van der Waals surface area contributed by atoms with Gasteiger partial charge in [-0.25, -0.2) is 0 Å². The Bertz CT molecular complexity index is 4090. The summed E-state index contributed by atoms with van der Waals surface area (Å²) in [5.74, 6) is -6.74. The van der Waals surface area contributed by atoms with E-state index in [-0.39, 0.29) is 73.2 Å². The minimum absolute atomic E-state index is 0.0133. The van der Waals surface area contributed by atoms with Gasteiger partial charge in [-0.2, -0.15) is 0 Å². The largest absolute Gasteiger partial charge is 0.462 e. The number of benzene rings is 2. The molecule has 4 saturated heterocycles. The maximum Gasteiger partial charge on any atom is 0.317 e. The molecule has 22 atom stereocenters. The number of methoxy groups -OCH3 is 2. The van der Waals surface area contributed by atoms with Gasteiger partial charge in [0.2, 0.25) is 11.8 Å². The molecular formula is C93H124N2O20. The van der Waals surface area contributed by atoms with Crippen LogP contribution in [0.25, 0.3) is 0 Å². The predicted octanol–water partition coefficient (Wildman–Crippen LogP) is 13.9. The van der Waals surface area contributed by atoms with Crippen molar-refractivity contribution in [1.82, 2.24) is 0 Å². The lowest BCUT2D eigenvalue weighted by Gasteiger charge is -2.50. The first-order valence-corrected chi connectivity index (χ1v) is 42.7. The Kier molecular flexibility index (Phi) is 26.9. The number of rotatable bonds is 13. The van der Waals surface area contributed by atoms with Gasteiger partial charge >= 0.3 is 23.9 Å². The molecule has 14 rings (SSSR count). The third-order valence-corrected chi connectivity index (χ3v) is 27.8. The number of nitrogens with one attached hydrogen (secondary N) is 2. The van der Waals surface area contributed by atoms with Gasteiger partial charge in [0, 0.05) is 87.8 Å². The number of hydrogen-bond donors (Lipinski definition) is 6. The molecule has 4 saturated carbocycles. The lowest BCUT2D eigenvalue weighted by molar-refractivity contribution is -0.335. The van der Waals surface area contributed by atoms with Gasteiger partial charge < -0.3 is 78.4 Å². The van der Waals surface area contributed by atoms with Crippen molar-refractivity contribution < 1.29 is 96.6 Å². The van der Waals surface area contributed by atoms with E-state index in [4.69, 9.17) is 47.4 Å². The fourth-order valence-corrected chi connectivity index (χ4v) is 21.1. The highest BCUT2D eigenvalue weighted by molar-refractivity contribution is 5.93. The molecule has 2 amide bonds. The van der Waals surface area contributed by atoms with E-state index < -0.39 is 106 Å². The van der Waals surface area contributed by atoms with Crippen molar-refractivity contribution in [1.29, 1.82) is 0 Å². The molecule has 8 fully saturated rings. The highest BCUT2D eigenvalue weighted by atomic mass is 16.7. The van der Waals surface area contributed by atoms with Gasteiger partial charge in [-0.05, 0) is 174 Å². The summed E-state index contributed by atoms with van der Waals surface area (Å²) in [6.45, 7) is 16.5. The number of aliphatic hydroxyl groups is 4. The Balaban J connectivity index is 0.000000200. The molecule has 6 aliphatic heterocycles. The van der Waals surface area contributed by atoms with Crippen molar-refractivity contribution in [2.45, 2.75) is 298 Å². The Morgan fingerprint density at radius 3 is 1.32 bits per heavy atom. The highest BCUT2D eigenvalue weighted by Gasteiger charge is 2.60. The fraction of sp³-hybridized carbons (Fsp3) is 0.634. The first-order chi connectivity index (χ1) is 55.1. The van der Waals surface area contributed by atoms with Crippen LogP contribution in [-0.4, -0.2) is 167 Å². The Labute approximate surface area is 678 Å². The van der Waals surface area contributed by atoms with Crippen molar-refractivity contribution in [2.75, 3.05) is 38.1 Å². The van der Waals surface area contributed by atoms with Gasteiger partial charge in [0.05, 0.1) is 47.5 Å². The number of amides is 2. The molecule has 0 radical (unpaired) electrons. The van der Waals surface area contributed by atoms with Gasteiger partial charge in [0.1, 0.15) is 60.7 Å². The lowest BCUT2D eigenvalue weighted by atomic mass is 9.70. The van der Waals surface area contributed by atoms with Gasteiger partial charge in [-0.1, -0.05) is 157 Å². The van der Waals surface area contributed by atoms with Crippen LogP contribution in [0.4, 0.5) is 11.4 Å². The van der Waals surface area contributed by atoms with Gasteiger partial charge in [0.25, 0.3) is 0 Å². The monoisotopic (exact) mass is 1590 g/mol. The van der Waals surface area contributed by atoms with Crippen LogP contribution < -0.4 is 10.6 Å². The summed E-state index contributed by atoms with van der Waals surface area (Å²) >= 11 is 0. The standard InChI is InChI=1S/C47H63NO10.C46H61NO10/c1-6-40-29(2)22-25-46(58-40)27-36-26-35(57-46)18-12-31(4)42(30(3)10-9-11-33-15-19-37-39(49)21-20-38(43(51)55-36)47(33,37)53)56-44(52)45(23-7-8-24-45)32-13-16-34(17-14-32)48-41(50)28-54-5;1-28-21-24-45(56-31(28)4)26-36-25-35(57-45)17-11-30(3)41(29(2)9-8-10-33-14-18-37-39(48)20-19-38(42(50)54-36)46(33,37)52)55-43(51)44(22-6-7-23-44)32-12-15-34(16-13-32)47-40(49)27-53-5/h9-14,16-17,20-21,29-30,35-40,42,49,53H,6-8,15,18-19,22-28H2,1-5H3,(H,48,50);8-13,15-16,19-20,28-29,31,35-39,41,48,52H,6-7,14,17-18,21-27H2,1-5H3,(H,47,49)/b10-9+,31-12+,33-11+;9-8+,30-11+,33-10+/t29-,30-,35+,36-,37+,38-,39+,40+,42+,46+,47-;28-,29-,31+,35+,36-,37+,38-,39+,41+,45-,46-/m00/s1. The minimum Gasteiger partial charge on any atom is -0.462 e. The van der Waals surface area contributed by atoms with Crippen molar-refractivity contribution in [3.8, 4) is 0 Å². The number of ether oxygens (including phenoxy) is 10. The molecule has 2 aromatic carbocycles. The number of esters is 4.